The molecular formula is C7H12FNO. The SMILES string of the molecule is CC(C)(C)C=C(F)C(N)=O. The molecule has 0 heterocycles. The van der Waals surface area contributed by atoms with Gasteiger partial charge in [0.25, 0.3) is 5.91 Å². The summed E-state index contributed by atoms with van der Waals surface area (Å²) in [7, 11) is 0. The van der Waals surface area contributed by atoms with Crippen molar-refractivity contribution in [2.24, 2.45) is 11.1 Å². The van der Waals surface area contributed by atoms with Crippen molar-refractivity contribution in [3.63, 3.8) is 0 Å². The van der Waals surface area contributed by atoms with Gasteiger partial charge in [-0.2, -0.15) is 0 Å². The maximum Gasteiger partial charge on any atom is 0.277 e. The predicted octanol–water partition coefficient (Wildman–Crippen LogP) is 1.37. The summed E-state index contributed by atoms with van der Waals surface area (Å²) in [6.07, 6.45) is 1.20. The van der Waals surface area contributed by atoms with Crippen LogP contribution in [-0.2, 0) is 4.79 Å². The lowest BCUT2D eigenvalue weighted by molar-refractivity contribution is -0.116. The Morgan fingerprint density at radius 1 is 1.50 bits per heavy atom. The summed E-state index contributed by atoms with van der Waals surface area (Å²) in [5, 5.41) is 0. The van der Waals surface area contributed by atoms with Gasteiger partial charge in [0.15, 0.2) is 5.83 Å². The number of hydrogen-bond acceptors (Lipinski definition) is 1. The largest absolute Gasteiger partial charge is 0.364 e. The summed E-state index contributed by atoms with van der Waals surface area (Å²) in [6, 6.07) is 0. The molecular weight excluding hydrogens is 133 g/mol. The second kappa shape index (κ2) is 2.82. The molecule has 58 valence electrons. The number of rotatable bonds is 1. The molecule has 0 bridgehead atoms. The number of hydrogen-bond donors (Lipinski definition) is 1. The first-order chi connectivity index (χ1) is 4.33. The first-order valence-electron chi connectivity index (χ1n) is 3.01. The highest BCUT2D eigenvalue weighted by Crippen LogP contribution is 2.17. The molecule has 10 heavy (non-hydrogen) atoms. The van der Waals surface area contributed by atoms with E-state index in [1.54, 1.807) is 20.8 Å². The average Bonchev–Trinajstić information content (AvgIpc) is 1.60. The fraction of sp³-hybridized carbons (Fsp3) is 0.571. The summed E-state index contributed by atoms with van der Waals surface area (Å²) >= 11 is 0. The van der Waals surface area contributed by atoms with Crippen molar-refractivity contribution in [3.05, 3.63) is 11.9 Å². The number of primary amides is 1. The maximum atomic E-state index is 12.4. The minimum absolute atomic E-state index is 0.334. The van der Waals surface area contributed by atoms with Gasteiger partial charge in [-0.25, -0.2) is 4.39 Å². The van der Waals surface area contributed by atoms with Gasteiger partial charge in [0.2, 0.25) is 0 Å². The zero-order chi connectivity index (χ0) is 8.36. The van der Waals surface area contributed by atoms with Crippen LogP contribution in [0.1, 0.15) is 20.8 Å². The Morgan fingerprint density at radius 3 is 2.00 bits per heavy atom. The molecule has 0 aromatic carbocycles. The van der Waals surface area contributed by atoms with E-state index in [1.807, 2.05) is 0 Å². The Morgan fingerprint density at radius 2 is 1.90 bits per heavy atom. The van der Waals surface area contributed by atoms with E-state index in [9.17, 15) is 9.18 Å². The standard InChI is InChI=1S/C7H12FNO/c1-7(2,3)4-5(8)6(9)10/h4H,1-3H3,(H2,9,10). The maximum absolute atomic E-state index is 12.4. The van der Waals surface area contributed by atoms with Crippen molar-refractivity contribution in [2.45, 2.75) is 20.8 Å². The molecule has 0 spiro atoms. The van der Waals surface area contributed by atoms with Crippen LogP contribution in [0, 0.1) is 5.41 Å². The third kappa shape index (κ3) is 4.06. The Kier molecular flexibility index (Phi) is 2.57. The van der Waals surface area contributed by atoms with Crippen LogP contribution < -0.4 is 5.73 Å². The Balaban J connectivity index is 4.32. The summed E-state index contributed by atoms with van der Waals surface area (Å²) in [5.41, 5.74) is 4.33. The van der Waals surface area contributed by atoms with Crippen molar-refractivity contribution in [2.75, 3.05) is 0 Å². The lowest BCUT2D eigenvalue weighted by atomic mass is 9.96. The Bertz CT molecular complexity index is 167. The van der Waals surface area contributed by atoms with Crippen molar-refractivity contribution in [1.82, 2.24) is 0 Å². The van der Waals surface area contributed by atoms with E-state index in [-0.39, 0.29) is 5.41 Å². The molecule has 0 radical (unpaired) electrons. The molecule has 2 nitrogen and oxygen atoms in total. The quantitative estimate of drug-likeness (QED) is 0.556. The van der Waals surface area contributed by atoms with Gasteiger partial charge in [0.05, 0.1) is 0 Å². The minimum Gasteiger partial charge on any atom is -0.364 e. The van der Waals surface area contributed by atoms with Gasteiger partial charge >= 0.3 is 0 Å². The van der Waals surface area contributed by atoms with Crippen LogP contribution in [-0.4, -0.2) is 5.91 Å². The van der Waals surface area contributed by atoms with E-state index in [1.165, 1.54) is 6.08 Å². The van der Waals surface area contributed by atoms with E-state index in [2.05, 4.69) is 5.73 Å². The monoisotopic (exact) mass is 145 g/mol. The third-order valence-corrected chi connectivity index (χ3v) is 0.795. The topological polar surface area (TPSA) is 43.1 Å². The molecule has 3 heteroatoms. The van der Waals surface area contributed by atoms with Gasteiger partial charge in [-0.05, 0) is 11.5 Å². The normalized spacial score (nSPS) is 13.4. The summed E-state index contributed by atoms with van der Waals surface area (Å²) in [6.45, 7) is 5.36. The minimum atomic E-state index is -1.00. The van der Waals surface area contributed by atoms with Gasteiger partial charge < -0.3 is 5.73 Å². The van der Waals surface area contributed by atoms with Crippen LogP contribution in [0.2, 0.25) is 0 Å². The van der Waals surface area contributed by atoms with E-state index in [4.69, 9.17) is 0 Å². The molecule has 0 aromatic heterocycles. The molecule has 0 aromatic rings. The van der Waals surface area contributed by atoms with Gasteiger partial charge in [0.1, 0.15) is 0 Å². The fourth-order valence-corrected chi connectivity index (χ4v) is 0.451. The first kappa shape index (κ1) is 9.14. The predicted molar refractivity (Wildman–Crippen MR) is 37.8 cm³/mol. The Labute approximate surface area is 59.9 Å². The summed E-state index contributed by atoms with van der Waals surface area (Å²) in [4.78, 5) is 10.2. The molecule has 0 saturated carbocycles. The van der Waals surface area contributed by atoms with Crippen LogP contribution in [0.25, 0.3) is 0 Å². The van der Waals surface area contributed by atoms with Crippen molar-refractivity contribution >= 4 is 5.91 Å². The van der Waals surface area contributed by atoms with Crippen LogP contribution in [0.3, 0.4) is 0 Å². The van der Waals surface area contributed by atoms with Crippen LogP contribution in [0.15, 0.2) is 11.9 Å². The molecule has 0 aliphatic carbocycles. The van der Waals surface area contributed by atoms with Gasteiger partial charge in [-0.1, -0.05) is 20.8 Å². The molecule has 0 aliphatic heterocycles. The van der Waals surface area contributed by atoms with Crippen molar-refractivity contribution < 1.29 is 9.18 Å². The van der Waals surface area contributed by atoms with Crippen LogP contribution in [0.5, 0.6) is 0 Å². The van der Waals surface area contributed by atoms with Gasteiger partial charge in [-0.3, -0.25) is 4.79 Å². The molecule has 0 unspecified atom stereocenters. The lowest BCUT2D eigenvalue weighted by Gasteiger charge is -2.10. The molecule has 0 fully saturated rings. The van der Waals surface area contributed by atoms with E-state index in [0.29, 0.717) is 0 Å². The van der Waals surface area contributed by atoms with Gasteiger partial charge in [0, 0.05) is 0 Å². The lowest BCUT2D eigenvalue weighted by Crippen LogP contribution is -2.13. The summed E-state index contributed by atoms with van der Waals surface area (Å²) in [5.74, 6) is -1.87. The highest BCUT2D eigenvalue weighted by molar-refractivity contribution is 5.89. The highest BCUT2D eigenvalue weighted by atomic mass is 19.1. The zero-order valence-corrected chi connectivity index (χ0v) is 6.44. The van der Waals surface area contributed by atoms with E-state index in [0.717, 1.165) is 0 Å². The van der Waals surface area contributed by atoms with Gasteiger partial charge in [-0.15, -0.1) is 0 Å². The number of carbonyl (C=O) groups excluding carboxylic acids is 1. The number of amides is 1. The highest BCUT2D eigenvalue weighted by Gasteiger charge is 2.11. The number of nitrogens with two attached hydrogens (primary N) is 1. The third-order valence-electron chi connectivity index (χ3n) is 0.795. The van der Waals surface area contributed by atoms with Crippen LogP contribution in [0.4, 0.5) is 4.39 Å². The summed E-state index contributed by atoms with van der Waals surface area (Å²) < 4.78 is 12.4. The Hall–Kier alpha value is -0.860. The molecule has 1 amide bonds. The molecule has 0 atom stereocenters. The second-order valence-corrected chi connectivity index (χ2v) is 3.22. The molecule has 0 aliphatic rings. The smallest absolute Gasteiger partial charge is 0.277 e. The van der Waals surface area contributed by atoms with Crippen molar-refractivity contribution in [3.8, 4) is 0 Å². The van der Waals surface area contributed by atoms with Crippen LogP contribution >= 0.6 is 0 Å². The molecule has 0 rings (SSSR count). The fourth-order valence-electron chi connectivity index (χ4n) is 0.451. The molecule has 0 saturated heterocycles. The van der Waals surface area contributed by atoms with Crippen molar-refractivity contribution in [1.29, 1.82) is 0 Å². The zero-order valence-electron chi connectivity index (χ0n) is 6.44. The number of carbonyl (C=O) groups is 1. The average molecular weight is 145 g/mol. The van der Waals surface area contributed by atoms with E-state index >= 15 is 0 Å². The molecule has 2 N–H and O–H groups in total. The first-order valence-corrected chi connectivity index (χ1v) is 3.01. The second-order valence-electron chi connectivity index (χ2n) is 3.22. The van der Waals surface area contributed by atoms with E-state index < -0.39 is 11.7 Å². The number of allylic oxidation sites excluding steroid dienone is 1. The number of halogens is 1.